The van der Waals surface area contributed by atoms with Gasteiger partial charge < -0.3 is 15.2 Å². The van der Waals surface area contributed by atoms with Crippen LogP contribution in [0.1, 0.15) is 45.6 Å². The van der Waals surface area contributed by atoms with Crippen LogP contribution < -0.4 is 10.1 Å². The van der Waals surface area contributed by atoms with Gasteiger partial charge in [-0.15, -0.1) is 0 Å². The lowest BCUT2D eigenvalue weighted by Crippen LogP contribution is -2.39. The molecule has 1 atom stereocenters. The van der Waals surface area contributed by atoms with Crippen molar-refractivity contribution >= 4 is 5.91 Å². The van der Waals surface area contributed by atoms with E-state index in [0.717, 1.165) is 12.1 Å². The first-order valence-electron chi connectivity index (χ1n) is 8.08. The largest absolute Gasteiger partial charge is 0.481 e. The first-order chi connectivity index (χ1) is 10.4. The Labute approximate surface area is 132 Å². The number of aliphatic hydroxyl groups excluding tert-OH is 1. The highest BCUT2D eigenvalue weighted by molar-refractivity contribution is 5.80. The predicted octanol–water partition coefficient (Wildman–Crippen LogP) is 2.89. The Morgan fingerprint density at radius 2 is 2.09 bits per heavy atom. The normalized spacial score (nSPS) is 17.1. The summed E-state index contributed by atoms with van der Waals surface area (Å²) < 4.78 is 5.66. The molecule has 0 radical (unpaired) electrons. The first-order valence-corrected chi connectivity index (χ1v) is 8.08. The minimum Gasteiger partial charge on any atom is -0.481 e. The Morgan fingerprint density at radius 3 is 2.68 bits per heavy atom. The van der Waals surface area contributed by atoms with Crippen molar-refractivity contribution in [3.8, 4) is 5.75 Å². The number of nitrogens with one attached hydrogen (secondary N) is 1. The fraction of sp³-hybridized carbons (Fsp3) is 0.611. The van der Waals surface area contributed by atoms with E-state index in [-0.39, 0.29) is 12.5 Å². The van der Waals surface area contributed by atoms with Crippen molar-refractivity contribution in [3.05, 3.63) is 29.8 Å². The van der Waals surface area contributed by atoms with Gasteiger partial charge in [-0.3, -0.25) is 4.79 Å². The van der Waals surface area contributed by atoms with E-state index in [1.54, 1.807) is 19.1 Å². The summed E-state index contributed by atoms with van der Waals surface area (Å²) in [6.07, 6.45) is 3.04. The summed E-state index contributed by atoms with van der Waals surface area (Å²) in [5.74, 6) is 1.19. The molecule has 4 nitrogen and oxygen atoms in total. The summed E-state index contributed by atoms with van der Waals surface area (Å²) in [4.78, 5) is 12.2. The Kier molecular flexibility index (Phi) is 5.46. The summed E-state index contributed by atoms with van der Waals surface area (Å²) in [5.41, 5.74) is 1.10. The molecule has 1 unspecified atom stereocenters. The van der Waals surface area contributed by atoms with Gasteiger partial charge in [0.15, 0.2) is 6.10 Å². The molecule has 1 aliphatic carbocycles. The van der Waals surface area contributed by atoms with Crippen LogP contribution >= 0.6 is 0 Å². The number of aliphatic hydroxyl groups is 1. The fourth-order valence-electron chi connectivity index (χ4n) is 2.89. The van der Waals surface area contributed by atoms with E-state index in [1.807, 2.05) is 12.1 Å². The SMILES string of the molecule is CC(C)CC1(CNC(=O)C(C)Oc2cccc(CO)c2)CC1. The zero-order valence-corrected chi connectivity index (χ0v) is 13.8. The Balaban J connectivity index is 1.82. The van der Waals surface area contributed by atoms with Crippen molar-refractivity contribution in [3.63, 3.8) is 0 Å². The maximum atomic E-state index is 12.2. The number of hydrogen-bond donors (Lipinski definition) is 2. The molecule has 1 aliphatic rings. The number of carbonyl (C=O) groups excluding carboxylic acids is 1. The fourth-order valence-corrected chi connectivity index (χ4v) is 2.89. The first kappa shape index (κ1) is 16.8. The van der Waals surface area contributed by atoms with Gasteiger partial charge in [-0.2, -0.15) is 0 Å². The zero-order chi connectivity index (χ0) is 16.2. The summed E-state index contributed by atoms with van der Waals surface area (Å²) in [5, 5.41) is 12.1. The van der Waals surface area contributed by atoms with Gasteiger partial charge in [-0.1, -0.05) is 26.0 Å². The topological polar surface area (TPSA) is 58.6 Å². The maximum Gasteiger partial charge on any atom is 0.260 e. The maximum absolute atomic E-state index is 12.2. The number of amides is 1. The molecule has 4 heteroatoms. The van der Waals surface area contributed by atoms with Crippen LogP contribution in [0.4, 0.5) is 0 Å². The Bertz CT molecular complexity index is 509. The molecular weight excluding hydrogens is 278 g/mol. The molecule has 1 amide bonds. The number of rotatable bonds is 8. The van der Waals surface area contributed by atoms with Crippen LogP contribution in [0.3, 0.4) is 0 Å². The summed E-state index contributed by atoms with van der Waals surface area (Å²) >= 11 is 0. The lowest BCUT2D eigenvalue weighted by Gasteiger charge is -2.20. The molecular formula is C18H27NO3. The lowest BCUT2D eigenvalue weighted by atomic mass is 9.94. The van der Waals surface area contributed by atoms with E-state index in [4.69, 9.17) is 9.84 Å². The molecule has 0 saturated heterocycles. The highest BCUT2D eigenvalue weighted by atomic mass is 16.5. The Hall–Kier alpha value is -1.55. The van der Waals surface area contributed by atoms with Crippen LogP contribution in [0.2, 0.25) is 0 Å². The molecule has 122 valence electrons. The van der Waals surface area contributed by atoms with E-state index < -0.39 is 6.10 Å². The quantitative estimate of drug-likeness (QED) is 0.776. The molecule has 2 N–H and O–H groups in total. The monoisotopic (exact) mass is 305 g/mol. The third kappa shape index (κ3) is 4.73. The van der Waals surface area contributed by atoms with Gasteiger partial charge in [0, 0.05) is 6.54 Å². The lowest BCUT2D eigenvalue weighted by molar-refractivity contribution is -0.127. The van der Waals surface area contributed by atoms with Crippen molar-refractivity contribution < 1.29 is 14.6 Å². The molecule has 0 spiro atoms. The molecule has 1 aromatic rings. The highest BCUT2D eigenvalue weighted by Crippen LogP contribution is 2.49. The third-order valence-electron chi connectivity index (χ3n) is 4.20. The van der Waals surface area contributed by atoms with Gasteiger partial charge in [-0.25, -0.2) is 0 Å². The molecule has 0 heterocycles. The van der Waals surface area contributed by atoms with Gasteiger partial charge in [0.2, 0.25) is 0 Å². The Morgan fingerprint density at radius 1 is 1.36 bits per heavy atom. The van der Waals surface area contributed by atoms with Gasteiger partial charge in [0.1, 0.15) is 5.75 Å². The van der Waals surface area contributed by atoms with Crippen LogP contribution in [0.15, 0.2) is 24.3 Å². The second-order valence-corrected chi connectivity index (χ2v) is 6.88. The average Bonchev–Trinajstić information content (AvgIpc) is 3.24. The summed E-state index contributed by atoms with van der Waals surface area (Å²) in [6.45, 7) is 6.91. The van der Waals surface area contributed by atoms with E-state index in [0.29, 0.717) is 17.1 Å². The second kappa shape index (κ2) is 7.14. The smallest absolute Gasteiger partial charge is 0.260 e. The molecule has 0 aromatic heterocycles. The summed E-state index contributed by atoms with van der Waals surface area (Å²) in [7, 11) is 0. The number of carbonyl (C=O) groups is 1. The number of hydrogen-bond acceptors (Lipinski definition) is 3. The third-order valence-corrected chi connectivity index (χ3v) is 4.20. The van der Waals surface area contributed by atoms with E-state index in [2.05, 4.69) is 19.2 Å². The molecule has 1 aromatic carbocycles. The molecule has 2 rings (SSSR count). The van der Waals surface area contributed by atoms with Crippen molar-refractivity contribution in [2.24, 2.45) is 11.3 Å². The van der Waals surface area contributed by atoms with Crippen LogP contribution in [-0.2, 0) is 11.4 Å². The van der Waals surface area contributed by atoms with Crippen molar-refractivity contribution in [1.82, 2.24) is 5.32 Å². The molecule has 1 saturated carbocycles. The van der Waals surface area contributed by atoms with Crippen LogP contribution in [0.5, 0.6) is 5.75 Å². The van der Waals surface area contributed by atoms with Crippen LogP contribution in [-0.4, -0.2) is 23.7 Å². The zero-order valence-electron chi connectivity index (χ0n) is 13.8. The summed E-state index contributed by atoms with van der Waals surface area (Å²) in [6, 6.07) is 7.18. The minimum absolute atomic E-state index is 0.0322. The van der Waals surface area contributed by atoms with Gasteiger partial charge in [0.25, 0.3) is 5.91 Å². The molecule has 1 fully saturated rings. The average molecular weight is 305 g/mol. The van der Waals surface area contributed by atoms with Crippen molar-refractivity contribution in [1.29, 1.82) is 0 Å². The van der Waals surface area contributed by atoms with Crippen molar-refractivity contribution in [2.75, 3.05) is 6.54 Å². The molecule has 22 heavy (non-hydrogen) atoms. The molecule has 0 bridgehead atoms. The number of ether oxygens (including phenoxy) is 1. The molecule has 0 aliphatic heterocycles. The van der Waals surface area contributed by atoms with Crippen LogP contribution in [0.25, 0.3) is 0 Å². The standard InChI is InChI=1S/C18H27NO3/c1-13(2)10-18(7-8-18)12-19-17(21)14(3)22-16-6-4-5-15(9-16)11-20/h4-6,9,13-14,20H,7-8,10-12H2,1-3H3,(H,19,21). The van der Waals surface area contributed by atoms with Crippen molar-refractivity contribution in [2.45, 2.75) is 52.7 Å². The van der Waals surface area contributed by atoms with Gasteiger partial charge >= 0.3 is 0 Å². The van der Waals surface area contributed by atoms with Crippen LogP contribution in [0, 0.1) is 11.3 Å². The van der Waals surface area contributed by atoms with Gasteiger partial charge in [0.05, 0.1) is 6.61 Å². The predicted molar refractivity (Wildman–Crippen MR) is 86.6 cm³/mol. The van der Waals surface area contributed by atoms with E-state index >= 15 is 0 Å². The number of benzene rings is 1. The van der Waals surface area contributed by atoms with E-state index in [9.17, 15) is 4.79 Å². The van der Waals surface area contributed by atoms with Gasteiger partial charge in [-0.05, 0) is 55.2 Å². The second-order valence-electron chi connectivity index (χ2n) is 6.88. The highest BCUT2D eigenvalue weighted by Gasteiger charge is 2.43. The van der Waals surface area contributed by atoms with E-state index in [1.165, 1.54) is 19.3 Å². The minimum atomic E-state index is -0.538.